The average molecular weight is 274 g/mol. The lowest BCUT2D eigenvalue weighted by Crippen LogP contribution is -2.49. The number of hydrogen-bond acceptors (Lipinski definition) is 6. The summed E-state index contributed by atoms with van der Waals surface area (Å²) in [5.41, 5.74) is -3.18. The molecule has 0 amide bonds. The van der Waals surface area contributed by atoms with Gasteiger partial charge in [-0.2, -0.15) is 0 Å². The monoisotopic (exact) mass is 274 g/mol. The Labute approximate surface area is 110 Å². The van der Waals surface area contributed by atoms with Gasteiger partial charge in [0, 0.05) is 0 Å². The third kappa shape index (κ3) is 1.84. The number of carboxylic acid groups (broad SMARTS) is 1. The molecule has 0 radical (unpaired) electrons. The first kappa shape index (κ1) is 14.2. The zero-order valence-corrected chi connectivity index (χ0v) is 11.6. The fourth-order valence-corrected chi connectivity index (χ4v) is 2.65. The fraction of sp³-hybridized carbons (Fsp3) is 0.833. The third-order valence-corrected chi connectivity index (χ3v) is 3.62. The van der Waals surface area contributed by atoms with Crippen molar-refractivity contribution in [2.24, 2.45) is 0 Å². The summed E-state index contributed by atoms with van der Waals surface area (Å²) in [5.74, 6) is -2.88. The summed E-state index contributed by atoms with van der Waals surface area (Å²) in [4.78, 5) is 23.4. The lowest BCUT2D eigenvalue weighted by atomic mass is 9.92. The van der Waals surface area contributed by atoms with Crippen molar-refractivity contribution in [1.82, 2.24) is 0 Å². The minimum absolute atomic E-state index is 0.686. The molecule has 0 spiro atoms. The molecule has 0 aromatic rings. The second kappa shape index (κ2) is 3.91. The highest BCUT2D eigenvalue weighted by Gasteiger charge is 2.71. The van der Waals surface area contributed by atoms with E-state index in [0.717, 1.165) is 0 Å². The van der Waals surface area contributed by atoms with E-state index in [2.05, 4.69) is 0 Å². The number of hydrogen-bond donors (Lipinski definition) is 1. The lowest BCUT2D eigenvalue weighted by molar-refractivity contribution is -0.234. The molecule has 1 N–H and O–H groups in total. The van der Waals surface area contributed by atoms with E-state index in [-0.39, 0.29) is 0 Å². The number of methoxy groups -OCH3 is 1. The topological polar surface area (TPSA) is 91.3 Å². The predicted molar refractivity (Wildman–Crippen MR) is 61.4 cm³/mol. The van der Waals surface area contributed by atoms with Crippen molar-refractivity contribution in [2.45, 2.75) is 56.9 Å². The molecule has 0 unspecified atom stereocenters. The largest absolute Gasteiger partial charge is 0.479 e. The van der Waals surface area contributed by atoms with E-state index in [1.165, 1.54) is 21.0 Å². The van der Waals surface area contributed by atoms with E-state index in [1.807, 2.05) is 0 Å². The molecule has 7 nitrogen and oxygen atoms in total. The summed E-state index contributed by atoms with van der Waals surface area (Å²) in [5, 5.41) is 9.36. The molecule has 0 aliphatic carbocycles. The van der Waals surface area contributed by atoms with Gasteiger partial charge in [-0.15, -0.1) is 0 Å². The number of fused-ring (bicyclic) bond motifs is 1. The van der Waals surface area contributed by atoms with E-state index < -0.39 is 41.1 Å². The molecule has 2 saturated heterocycles. The highest BCUT2D eigenvalue weighted by atomic mass is 16.8. The Kier molecular flexibility index (Phi) is 2.93. The standard InChI is InChI=1S/C12H18O7/c1-10(2)17-6-7(18-10)12(4,9(15)16-5)19-11(6,3)8(13)14/h6-7H,1-5H3,(H,13,14)/t6-,7+,11-,12+/m1/s1. The zero-order chi connectivity index (χ0) is 14.6. The second-order valence-electron chi connectivity index (χ2n) is 5.59. The van der Waals surface area contributed by atoms with E-state index in [0.29, 0.717) is 0 Å². The molecule has 4 atom stereocenters. The van der Waals surface area contributed by atoms with Crippen molar-refractivity contribution in [3.8, 4) is 0 Å². The molecule has 2 fully saturated rings. The van der Waals surface area contributed by atoms with Crippen molar-refractivity contribution >= 4 is 11.9 Å². The molecule has 108 valence electrons. The van der Waals surface area contributed by atoms with Gasteiger partial charge in [0.25, 0.3) is 0 Å². The van der Waals surface area contributed by atoms with Crippen LogP contribution in [0.25, 0.3) is 0 Å². The van der Waals surface area contributed by atoms with Gasteiger partial charge in [0.2, 0.25) is 0 Å². The molecular weight excluding hydrogens is 256 g/mol. The number of carboxylic acids is 1. The maximum Gasteiger partial charge on any atom is 0.340 e. The Bertz CT molecular complexity index is 432. The highest BCUT2D eigenvalue weighted by Crippen LogP contribution is 2.49. The maximum atomic E-state index is 11.9. The smallest absolute Gasteiger partial charge is 0.340 e. The fourth-order valence-electron chi connectivity index (χ4n) is 2.65. The Morgan fingerprint density at radius 2 is 1.53 bits per heavy atom. The van der Waals surface area contributed by atoms with Gasteiger partial charge in [-0.05, 0) is 27.7 Å². The number of ether oxygens (including phenoxy) is 4. The quantitative estimate of drug-likeness (QED) is 0.724. The van der Waals surface area contributed by atoms with Crippen molar-refractivity contribution < 1.29 is 33.6 Å². The molecular formula is C12H18O7. The van der Waals surface area contributed by atoms with Crippen molar-refractivity contribution in [2.75, 3.05) is 7.11 Å². The zero-order valence-electron chi connectivity index (χ0n) is 11.6. The molecule has 2 aliphatic heterocycles. The van der Waals surface area contributed by atoms with Crippen LogP contribution in [0.4, 0.5) is 0 Å². The van der Waals surface area contributed by atoms with Gasteiger partial charge in [0.1, 0.15) is 12.2 Å². The van der Waals surface area contributed by atoms with Crippen LogP contribution in [-0.2, 0) is 28.5 Å². The van der Waals surface area contributed by atoms with Crippen LogP contribution in [0.15, 0.2) is 0 Å². The predicted octanol–water partition coefficient (Wildman–Crippen LogP) is 0.312. The van der Waals surface area contributed by atoms with Crippen LogP contribution in [0.1, 0.15) is 27.7 Å². The van der Waals surface area contributed by atoms with Crippen molar-refractivity contribution in [3.63, 3.8) is 0 Å². The second-order valence-corrected chi connectivity index (χ2v) is 5.59. The Balaban J connectivity index is 2.46. The van der Waals surface area contributed by atoms with Crippen LogP contribution in [-0.4, -0.2) is 53.4 Å². The van der Waals surface area contributed by atoms with E-state index in [1.54, 1.807) is 13.8 Å². The first-order valence-corrected chi connectivity index (χ1v) is 5.94. The van der Waals surface area contributed by atoms with Gasteiger partial charge in [0.15, 0.2) is 17.0 Å². The third-order valence-electron chi connectivity index (χ3n) is 3.62. The molecule has 0 aromatic heterocycles. The molecule has 19 heavy (non-hydrogen) atoms. The summed E-state index contributed by atoms with van der Waals surface area (Å²) in [7, 11) is 1.21. The van der Waals surface area contributed by atoms with Gasteiger partial charge >= 0.3 is 11.9 Å². The molecule has 2 aliphatic rings. The van der Waals surface area contributed by atoms with Gasteiger partial charge in [-0.3, -0.25) is 0 Å². The molecule has 7 heteroatoms. The summed E-state index contributed by atoms with van der Waals surface area (Å²) in [6, 6.07) is 0. The maximum absolute atomic E-state index is 11.9. The Hall–Kier alpha value is -1.18. The molecule has 2 heterocycles. The number of rotatable bonds is 2. The van der Waals surface area contributed by atoms with Crippen LogP contribution in [0, 0.1) is 0 Å². The van der Waals surface area contributed by atoms with E-state index >= 15 is 0 Å². The first-order valence-electron chi connectivity index (χ1n) is 5.94. The molecule has 0 aromatic carbocycles. The number of aliphatic carboxylic acids is 1. The molecule has 0 saturated carbocycles. The van der Waals surface area contributed by atoms with Gasteiger partial charge < -0.3 is 24.1 Å². The van der Waals surface area contributed by atoms with Gasteiger partial charge in [0.05, 0.1) is 7.11 Å². The van der Waals surface area contributed by atoms with Crippen molar-refractivity contribution in [1.29, 1.82) is 0 Å². The Morgan fingerprint density at radius 1 is 1.05 bits per heavy atom. The summed E-state index contributed by atoms with van der Waals surface area (Å²) in [6.07, 6.45) is -1.72. The summed E-state index contributed by atoms with van der Waals surface area (Å²) in [6.45, 7) is 6.14. The first-order chi connectivity index (χ1) is 8.57. The highest BCUT2D eigenvalue weighted by molar-refractivity contribution is 5.85. The number of carbonyl (C=O) groups excluding carboxylic acids is 1. The average Bonchev–Trinajstić information content (AvgIpc) is 2.73. The molecule has 0 bridgehead atoms. The molecule has 2 rings (SSSR count). The number of esters is 1. The summed E-state index contributed by atoms with van der Waals surface area (Å²) < 4.78 is 21.4. The van der Waals surface area contributed by atoms with Crippen LogP contribution >= 0.6 is 0 Å². The summed E-state index contributed by atoms with van der Waals surface area (Å²) >= 11 is 0. The minimum atomic E-state index is -1.67. The number of carbonyl (C=O) groups is 2. The van der Waals surface area contributed by atoms with Crippen LogP contribution < -0.4 is 0 Å². The minimum Gasteiger partial charge on any atom is -0.479 e. The van der Waals surface area contributed by atoms with Gasteiger partial charge in [-0.1, -0.05) is 0 Å². The van der Waals surface area contributed by atoms with Gasteiger partial charge in [-0.25, -0.2) is 9.59 Å². The van der Waals surface area contributed by atoms with Crippen LogP contribution in [0.3, 0.4) is 0 Å². The van der Waals surface area contributed by atoms with E-state index in [9.17, 15) is 14.7 Å². The van der Waals surface area contributed by atoms with E-state index in [4.69, 9.17) is 18.9 Å². The lowest BCUT2D eigenvalue weighted by Gasteiger charge is -2.31. The normalized spacial score (nSPS) is 43.8. The van der Waals surface area contributed by atoms with Crippen LogP contribution in [0.2, 0.25) is 0 Å². The van der Waals surface area contributed by atoms with Crippen molar-refractivity contribution in [3.05, 3.63) is 0 Å². The Morgan fingerprint density at radius 3 is 1.95 bits per heavy atom. The van der Waals surface area contributed by atoms with Crippen LogP contribution in [0.5, 0.6) is 0 Å². The SMILES string of the molecule is COC(=O)[C@@]1(C)O[C@@](C)(C(=O)O)[C@@H]2OC(C)(C)O[C@@H]21.